The van der Waals surface area contributed by atoms with Crippen molar-refractivity contribution in [3.63, 3.8) is 0 Å². The molecule has 6 heteroatoms. The molecule has 94 valence electrons. The average Bonchev–Trinajstić information content (AvgIpc) is 2.73. The molecule has 5 nitrogen and oxygen atoms in total. The van der Waals surface area contributed by atoms with Crippen LogP contribution in [0.15, 0.2) is 11.5 Å². The summed E-state index contributed by atoms with van der Waals surface area (Å²) in [6.07, 6.45) is 3.37. The van der Waals surface area contributed by atoms with Crippen LogP contribution in [-0.4, -0.2) is 32.6 Å². The molecule has 0 aromatic carbocycles. The topological polar surface area (TPSA) is 66.5 Å². The van der Waals surface area contributed by atoms with E-state index in [1.54, 1.807) is 22.8 Å². The quantitative estimate of drug-likeness (QED) is 0.747. The van der Waals surface area contributed by atoms with Crippen LogP contribution in [0.2, 0.25) is 0 Å². The van der Waals surface area contributed by atoms with Crippen molar-refractivity contribution in [1.29, 1.82) is 5.26 Å². The third-order valence-electron chi connectivity index (χ3n) is 2.52. The highest BCUT2D eigenvalue weighted by molar-refractivity contribution is 7.99. The predicted octanol–water partition coefficient (Wildman–Crippen LogP) is 1.58. The Morgan fingerprint density at radius 2 is 2.41 bits per heavy atom. The minimum atomic E-state index is -0.443. The van der Waals surface area contributed by atoms with Gasteiger partial charge in [0.1, 0.15) is 11.9 Å². The SMILES string of the molecule is CCCNC(C)(C#N)CCSc1ncnn1C. The summed E-state index contributed by atoms with van der Waals surface area (Å²) >= 11 is 1.63. The third-order valence-corrected chi connectivity index (χ3v) is 3.55. The van der Waals surface area contributed by atoms with E-state index in [0.717, 1.165) is 30.3 Å². The van der Waals surface area contributed by atoms with Crippen LogP contribution in [0.25, 0.3) is 0 Å². The Kier molecular flexibility index (Phi) is 5.45. The molecule has 1 N–H and O–H groups in total. The minimum Gasteiger partial charge on any atom is -0.300 e. The standard InChI is InChI=1S/C11H19N5S/c1-4-6-14-11(2,8-12)5-7-17-10-13-9-15-16(10)3/h9,14H,4-7H2,1-3H3. The van der Waals surface area contributed by atoms with Crippen molar-refractivity contribution >= 4 is 11.8 Å². The fourth-order valence-corrected chi connectivity index (χ4v) is 2.40. The molecular weight excluding hydrogens is 234 g/mol. The van der Waals surface area contributed by atoms with Gasteiger partial charge in [-0.1, -0.05) is 18.7 Å². The van der Waals surface area contributed by atoms with Gasteiger partial charge in [-0.25, -0.2) is 9.67 Å². The summed E-state index contributed by atoms with van der Waals surface area (Å²) in [4.78, 5) is 4.13. The van der Waals surface area contributed by atoms with Crippen molar-refractivity contribution in [2.24, 2.45) is 7.05 Å². The molecule has 0 fully saturated rings. The highest BCUT2D eigenvalue weighted by Crippen LogP contribution is 2.19. The van der Waals surface area contributed by atoms with Crippen molar-refractivity contribution < 1.29 is 0 Å². The van der Waals surface area contributed by atoms with E-state index in [4.69, 9.17) is 5.26 Å². The van der Waals surface area contributed by atoms with Crippen LogP contribution in [-0.2, 0) is 7.05 Å². The summed E-state index contributed by atoms with van der Waals surface area (Å²) in [5.74, 6) is 0.854. The summed E-state index contributed by atoms with van der Waals surface area (Å²) in [6.45, 7) is 4.91. The maximum Gasteiger partial charge on any atom is 0.185 e. The van der Waals surface area contributed by atoms with Crippen molar-refractivity contribution in [2.75, 3.05) is 12.3 Å². The van der Waals surface area contributed by atoms with Crippen LogP contribution >= 0.6 is 11.8 Å². The second kappa shape index (κ2) is 6.62. The zero-order valence-corrected chi connectivity index (χ0v) is 11.4. The van der Waals surface area contributed by atoms with E-state index in [1.165, 1.54) is 0 Å². The largest absolute Gasteiger partial charge is 0.300 e. The molecule has 0 saturated carbocycles. The summed E-state index contributed by atoms with van der Waals surface area (Å²) in [6, 6.07) is 2.34. The number of hydrogen-bond donors (Lipinski definition) is 1. The second-order valence-corrected chi connectivity index (χ2v) is 5.20. The number of aryl methyl sites for hydroxylation is 1. The normalized spacial score (nSPS) is 14.2. The van der Waals surface area contributed by atoms with Gasteiger partial charge in [0, 0.05) is 12.8 Å². The minimum absolute atomic E-state index is 0.443. The Balaban J connectivity index is 2.38. The molecule has 1 unspecified atom stereocenters. The number of nitriles is 1. The lowest BCUT2D eigenvalue weighted by Gasteiger charge is -2.22. The maximum atomic E-state index is 9.17. The lowest BCUT2D eigenvalue weighted by molar-refractivity contribution is 0.437. The van der Waals surface area contributed by atoms with Crippen LogP contribution < -0.4 is 5.32 Å². The first kappa shape index (κ1) is 14.0. The third kappa shape index (κ3) is 4.36. The van der Waals surface area contributed by atoms with Gasteiger partial charge in [0.25, 0.3) is 0 Å². The monoisotopic (exact) mass is 253 g/mol. The molecule has 1 aromatic heterocycles. The molecule has 1 atom stereocenters. The number of aromatic nitrogens is 3. The van der Waals surface area contributed by atoms with Gasteiger partial charge in [-0.15, -0.1) is 0 Å². The number of hydrogen-bond acceptors (Lipinski definition) is 5. The fourth-order valence-electron chi connectivity index (χ4n) is 1.35. The van der Waals surface area contributed by atoms with Crippen LogP contribution in [0.4, 0.5) is 0 Å². The van der Waals surface area contributed by atoms with E-state index >= 15 is 0 Å². The summed E-state index contributed by atoms with van der Waals surface area (Å²) in [5, 5.41) is 17.3. The average molecular weight is 253 g/mol. The summed E-state index contributed by atoms with van der Waals surface area (Å²) < 4.78 is 1.74. The van der Waals surface area contributed by atoms with E-state index in [9.17, 15) is 0 Å². The van der Waals surface area contributed by atoms with E-state index in [2.05, 4.69) is 28.4 Å². The highest BCUT2D eigenvalue weighted by Gasteiger charge is 2.22. The molecule has 0 spiro atoms. The molecule has 0 saturated heterocycles. The first-order chi connectivity index (χ1) is 8.11. The summed E-state index contributed by atoms with van der Waals surface area (Å²) in [7, 11) is 1.87. The van der Waals surface area contributed by atoms with Gasteiger partial charge >= 0.3 is 0 Å². The van der Waals surface area contributed by atoms with E-state index in [-0.39, 0.29) is 0 Å². The van der Waals surface area contributed by atoms with Crippen molar-refractivity contribution in [3.8, 4) is 6.07 Å². The van der Waals surface area contributed by atoms with Gasteiger partial charge in [-0.2, -0.15) is 10.4 Å². The second-order valence-electron chi connectivity index (χ2n) is 4.14. The van der Waals surface area contributed by atoms with Crippen LogP contribution in [0, 0.1) is 11.3 Å². The maximum absolute atomic E-state index is 9.17. The summed E-state index contributed by atoms with van der Waals surface area (Å²) in [5.41, 5.74) is -0.443. The Morgan fingerprint density at radius 3 is 2.94 bits per heavy atom. The Morgan fingerprint density at radius 1 is 1.65 bits per heavy atom. The molecule has 0 bridgehead atoms. The van der Waals surface area contributed by atoms with Crippen molar-refractivity contribution in [1.82, 2.24) is 20.1 Å². The van der Waals surface area contributed by atoms with Gasteiger partial charge in [-0.05, 0) is 26.3 Å². The van der Waals surface area contributed by atoms with Gasteiger partial charge in [-0.3, -0.25) is 5.32 Å². The molecule has 0 aliphatic carbocycles. The first-order valence-corrected chi connectivity index (χ1v) is 6.73. The highest BCUT2D eigenvalue weighted by atomic mass is 32.2. The van der Waals surface area contributed by atoms with Gasteiger partial charge < -0.3 is 0 Å². The molecule has 1 rings (SSSR count). The van der Waals surface area contributed by atoms with Crippen molar-refractivity contribution in [2.45, 2.75) is 37.4 Å². The lowest BCUT2D eigenvalue weighted by Crippen LogP contribution is -2.41. The number of nitrogens with one attached hydrogen (secondary N) is 1. The number of rotatable bonds is 7. The molecule has 1 aromatic rings. The number of nitrogens with zero attached hydrogens (tertiary/aromatic N) is 4. The molecule has 0 aliphatic rings. The number of thioether (sulfide) groups is 1. The van der Waals surface area contributed by atoms with E-state index in [0.29, 0.717) is 0 Å². The molecule has 17 heavy (non-hydrogen) atoms. The lowest BCUT2D eigenvalue weighted by atomic mass is 10.0. The molecule has 0 aliphatic heterocycles. The zero-order chi connectivity index (χ0) is 12.7. The Labute approximate surface area is 107 Å². The molecule has 0 radical (unpaired) electrons. The van der Waals surface area contributed by atoms with Gasteiger partial charge in [0.2, 0.25) is 0 Å². The van der Waals surface area contributed by atoms with Gasteiger partial charge in [0.15, 0.2) is 5.16 Å². The first-order valence-electron chi connectivity index (χ1n) is 5.74. The Hall–Kier alpha value is -1.06. The predicted molar refractivity (Wildman–Crippen MR) is 68.7 cm³/mol. The van der Waals surface area contributed by atoms with E-state index < -0.39 is 5.54 Å². The van der Waals surface area contributed by atoms with Crippen LogP contribution in [0.3, 0.4) is 0 Å². The molecule has 1 heterocycles. The zero-order valence-electron chi connectivity index (χ0n) is 10.6. The molecule has 0 amide bonds. The smallest absolute Gasteiger partial charge is 0.185 e. The van der Waals surface area contributed by atoms with Gasteiger partial charge in [0.05, 0.1) is 6.07 Å². The molecular formula is C11H19N5S. The fraction of sp³-hybridized carbons (Fsp3) is 0.727. The van der Waals surface area contributed by atoms with Crippen LogP contribution in [0.5, 0.6) is 0 Å². The van der Waals surface area contributed by atoms with Crippen LogP contribution in [0.1, 0.15) is 26.7 Å². The van der Waals surface area contributed by atoms with E-state index in [1.807, 2.05) is 14.0 Å². The van der Waals surface area contributed by atoms with Crippen molar-refractivity contribution in [3.05, 3.63) is 6.33 Å². The Bertz CT molecular complexity index is 383.